The number of aromatic nitrogens is 4. The predicted molar refractivity (Wildman–Crippen MR) is 62.9 cm³/mol. The molecule has 78 valence electrons. The van der Waals surface area contributed by atoms with E-state index in [-0.39, 0.29) is 0 Å². The summed E-state index contributed by atoms with van der Waals surface area (Å²) in [5, 5.41) is 8.18. The third-order valence-electron chi connectivity index (χ3n) is 1.98. The smallest absolute Gasteiger partial charge is 0.163 e. The van der Waals surface area contributed by atoms with E-state index in [0.29, 0.717) is 6.54 Å². The van der Waals surface area contributed by atoms with Crippen molar-refractivity contribution in [3.63, 3.8) is 0 Å². The number of nitrogens with one attached hydrogen (secondary N) is 1. The molecule has 0 amide bonds. The first-order valence-corrected chi connectivity index (χ1v) is 5.17. The minimum absolute atomic E-state index is 0.626. The van der Waals surface area contributed by atoms with Gasteiger partial charge in [0.15, 0.2) is 5.65 Å². The number of fused-ring (bicyclic) bond motifs is 1. The number of aryl methyl sites for hydroxylation is 1. The largest absolute Gasteiger partial charge is 0.365 e. The topological polar surface area (TPSA) is 55.6 Å². The van der Waals surface area contributed by atoms with Crippen LogP contribution in [0, 0.1) is 0 Å². The Morgan fingerprint density at radius 2 is 2.40 bits per heavy atom. The molecule has 0 unspecified atom stereocenters. The molecule has 0 spiro atoms. The maximum Gasteiger partial charge on any atom is 0.163 e. The molecule has 0 aliphatic carbocycles. The van der Waals surface area contributed by atoms with Crippen molar-refractivity contribution in [2.24, 2.45) is 7.05 Å². The second kappa shape index (κ2) is 3.98. The van der Waals surface area contributed by atoms with Gasteiger partial charge in [-0.3, -0.25) is 4.68 Å². The van der Waals surface area contributed by atoms with Crippen molar-refractivity contribution in [3.05, 3.63) is 23.6 Å². The van der Waals surface area contributed by atoms with Crippen molar-refractivity contribution in [3.8, 4) is 0 Å². The van der Waals surface area contributed by atoms with E-state index in [9.17, 15) is 0 Å². The highest BCUT2D eigenvalue weighted by atomic mass is 79.9. The number of rotatable bonds is 3. The third kappa shape index (κ3) is 1.99. The van der Waals surface area contributed by atoms with Crippen molar-refractivity contribution >= 4 is 32.8 Å². The molecule has 5 nitrogen and oxygen atoms in total. The first kappa shape index (κ1) is 10.1. The van der Waals surface area contributed by atoms with Crippen LogP contribution in [0.2, 0.25) is 0 Å². The van der Waals surface area contributed by atoms with Crippen molar-refractivity contribution < 1.29 is 0 Å². The van der Waals surface area contributed by atoms with Gasteiger partial charge < -0.3 is 5.32 Å². The van der Waals surface area contributed by atoms with E-state index < -0.39 is 0 Å². The van der Waals surface area contributed by atoms with Crippen LogP contribution in [0.4, 0.5) is 5.82 Å². The number of hydrogen-bond acceptors (Lipinski definition) is 4. The van der Waals surface area contributed by atoms with Gasteiger partial charge in [0.1, 0.15) is 12.1 Å². The standard InChI is InChI=1S/C9H10BrN5/c1-6(10)3-11-8-7-4-14-15(2)9(7)13-5-12-8/h4-5H,1,3H2,2H3,(H,11,12,13). The van der Waals surface area contributed by atoms with Crippen LogP contribution >= 0.6 is 15.9 Å². The number of hydrogen-bond donors (Lipinski definition) is 1. The monoisotopic (exact) mass is 267 g/mol. The van der Waals surface area contributed by atoms with E-state index in [2.05, 4.69) is 42.9 Å². The molecule has 0 atom stereocenters. The van der Waals surface area contributed by atoms with Gasteiger partial charge in [0, 0.05) is 18.1 Å². The summed E-state index contributed by atoms with van der Waals surface area (Å²) < 4.78 is 2.59. The highest BCUT2D eigenvalue weighted by Gasteiger charge is 2.06. The van der Waals surface area contributed by atoms with Crippen LogP contribution in [0.3, 0.4) is 0 Å². The normalized spacial score (nSPS) is 10.5. The minimum Gasteiger partial charge on any atom is -0.365 e. The molecule has 1 N–H and O–H groups in total. The van der Waals surface area contributed by atoms with Gasteiger partial charge in [-0.1, -0.05) is 22.5 Å². The van der Waals surface area contributed by atoms with Gasteiger partial charge in [-0.15, -0.1) is 0 Å². The quantitative estimate of drug-likeness (QED) is 0.920. The second-order valence-electron chi connectivity index (χ2n) is 3.10. The summed E-state index contributed by atoms with van der Waals surface area (Å²) in [4.78, 5) is 8.30. The average Bonchev–Trinajstić information content (AvgIpc) is 2.58. The summed E-state index contributed by atoms with van der Waals surface area (Å²) >= 11 is 3.28. The fourth-order valence-corrected chi connectivity index (χ4v) is 1.42. The summed E-state index contributed by atoms with van der Waals surface area (Å²) in [5.74, 6) is 0.772. The molecule has 2 rings (SSSR count). The van der Waals surface area contributed by atoms with E-state index in [1.165, 1.54) is 6.33 Å². The summed E-state index contributed by atoms with van der Waals surface area (Å²) in [6.45, 7) is 4.37. The second-order valence-corrected chi connectivity index (χ2v) is 4.22. The summed E-state index contributed by atoms with van der Waals surface area (Å²) in [7, 11) is 1.85. The highest BCUT2D eigenvalue weighted by molar-refractivity contribution is 9.11. The Morgan fingerprint density at radius 1 is 1.60 bits per heavy atom. The van der Waals surface area contributed by atoms with Crippen LogP contribution in [-0.2, 0) is 7.05 Å². The van der Waals surface area contributed by atoms with Gasteiger partial charge in [0.25, 0.3) is 0 Å². The predicted octanol–water partition coefficient (Wildman–Crippen LogP) is 1.68. The average molecular weight is 268 g/mol. The first-order chi connectivity index (χ1) is 7.18. The molecular weight excluding hydrogens is 258 g/mol. The van der Waals surface area contributed by atoms with Crippen LogP contribution in [0.15, 0.2) is 23.6 Å². The van der Waals surface area contributed by atoms with Gasteiger partial charge in [-0.2, -0.15) is 5.10 Å². The zero-order valence-electron chi connectivity index (χ0n) is 8.24. The lowest BCUT2D eigenvalue weighted by Crippen LogP contribution is -2.03. The Bertz CT molecular complexity index is 504. The Hall–Kier alpha value is -1.43. The van der Waals surface area contributed by atoms with Gasteiger partial charge >= 0.3 is 0 Å². The molecule has 2 heterocycles. The van der Waals surface area contributed by atoms with Crippen molar-refractivity contribution in [2.45, 2.75) is 0 Å². The Balaban J connectivity index is 2.38. The van der Waals surface area contributed by atoms with Crippen molar-refractivity contribution in [1.29, 1.82) is 0 Å². The lowest BCUT2D eigenvalue weighted by Gasteiger charge is -2.04. The van der Waals surface area contributed by atoms with Crippen LogP contribution in [0.5, 0.6) is 0 Å². The van der Waals surface area contributed by atoms with E-state index in [4.69, 9.17) is 0 Å². The minimum atomic E-state index is 0.626. The molecule has 0 saturated carbocycles. The number of anilines is 1. The SMILES string of the molecule is C=C(Br)CNc1ncnc2c1cnn2C. The highest BCUT2D eigenvalue weighted by Crippen LogP contribution is 2.18. The Labute approximate surface area is 95.3 Å². The summed E-state index contributed by atoms with van der Waals surface area (Å²) in [6.07, 6.45) is 3.26. The maximum absolute atomic E-state index is 4.15. The van der Waals surface area contributed by atoms with Crippen LogP contribution in [-0.4, -0.2) is 26.3 Å². The fraction of sp³-hybridized carbons (Fsp3) is 0.222. The van der Waals surface area contributed by atoms with Crippen LogP contribution < -0.4 is 5.32 Å². The van der Waals surface area contributed by atoms with Crippen LogP contribution in [0.1, 0.15) is 0 Å². The summed E-state index contributed by atoms with van der Waals surface area (Å²) in [6, 6.07) is 0. The third-order valence-corrected chi connectivity index (χ3v) is 2.26. The summed E-state index contributed by atoms with van der Waals surface area (Å²) in [5.41, 5.74) is 0.813. The molecule has 0 radical (unpaired) electrons. The molecule has 0 aromatic carbocycles. The molecule has 2 aromatic heterocycles. The molecular formula is C9H10BrN5. The first-order valence-electron chi connectivity index (χ1n) is 4.38. The molecule has 0 bridgehead atoms. The van der Waals surface area contributed by atoms with Crippen molar-refractivity contribution in [1.82, 2.24) is 19.7 Å². The van der Waals surface area contributed by atoms with Gasteiger partial charge in [0.05, 0.1) is 11.6 Å². The fourth-order valence-electron chi connectivity index (χ4n) is 1.28. The van der Waals surface area contributed by atoms with E-state index in [1.54, 1.807) is 10.9 Å². The number of nitrogens with zero attached hydrogens (tertiary/aromatic N) is 4. The van der Waals surface area contributed by atoms with Gasteiger partial charge in [0.2, 0.25) is 0 Å². The zero-order valence-corrected chi connectivity index (χ0v) is 9.82. The lowest BCUT2D eigenvalue weighted by atomic mass is 10.4. The molecule has 15 heavy (non-hydrogen) atoms. The Morgan fingerprint density at radius 3 is 3.13 bits per heavy atom. The molecule has 0 aliphatic rings. The maximum atomic E-state index is 4.15. The zero-order chi connectivity index (χ0) is 10.8. The van der Waals surface area contributed by atoms with Gasteiger partial charge in [-0.25, -0.2) is 9.97 Å². The van der Waals surface area contributed by atoms with E-state index in [0.717, 1.165) is 21.3 Å². The van der Waals surface area contributed by atoms with Crippen LogP contribution in [0.25, 0.3) is 11.0 Å². The molecule has 0 saturated heterocycles. The molecule has 0 aliphatic heterocycles. The molecule has 0 fully saturated rings. The van der Waals surface area contributed by atoms with E-state index >= 15 is 0 Å². The van der Waals surface area contributed by atoms with Gasteiger partial charge in [-0.05, 0) is 0 Å². The van der Waals surface area contributed by atoms with E-state index in [1.807, 2.05) is 7.05 Å². The Kier molecular flexibility index (Phi) is 2.68. The number of halogens is 1. The molecule has 6 heteroatoms. The lowest BCUT2D eigenvalue weighted by molar-refractivity contribution is 0.785. The van der Waals surface area contributed by atoms with Crippen molar-refractivity contribution in [2.75, 3.05) is 11.9 Å². The molecule has 2 aromatic rings.